The molecule has 0 bridgehead atoms. The van der Waals surface area contributed by atoms with Gasteiger partial charge in [0, 0.05) is 6.07 Å². The summed E-state index contributed by atoms with van der Waals surface area (Å²) in [7, 11) is 0. The number of rotatable bonds is 2. The second-order valence-corrected chi connectivity index (χ2v) is 4.71. The SMILES string of the molecule is NC(c1cc(F)cc(F)c1)c1ccc(F)c(Br)c1. The monoisotopic (exact) mass is 315 g/mol. The third-order valence-corrected chi connectivity index (χ3v) is 3.15. The molecule has 2 aromatic rings. The van der Waals surface area contributed by atoms with E-state index in [2.05, 4.69) is 15.9 Å². The summed E-state index contributed by atoms with van der Waals surface area (Å²) < 4.78 is 39.5. The summed E-state index contributed by atoms with van der Waals surface area (Å²) >= 11 is 3.04. The first-order chi connectivity index (χ1) is 8.47. The Balaban J connectivity index is 2.40. The first-order valence-corrected chi connectivity index (χ1v) is 5.93. The van der Waals surface area contributed by atoms with Gasteiger partial charge in [-0.3, -0.25) is 0 Å². The van der Waals surface area contributed by atoms with Crippen molar-refractivity contribution in [3.05, 3.63) is 69.4 Å². The standard InChI is InChI=1S/C13H9BrF3N/c14-11-5-7(1-2-12(11)17)13(18)8-3-9(15)6-10(16)4-8/h1-6,13H,18H2. The second kappa shape index (κ2) is 5.12. The Morgan fingerprint density at radius 1 is 0.889 bits per heavy atom. The lowest BCUT2D eigenvalue weighted by Gasteiger charge is -2.13. The van der Waals surface area contributed by atoms with Crippen LogP contribution in [0.3, 0.4) is 0 Å². The molecule has 1 atom stereocenters. The van der Waals surface area contributed by atoms with Gasteiger partial charge in [0.25, 0.3) is 0 Å². The van der Waals surface area contributed by atoms with Crippen molar-refractivity contribution in [3.8, 4) is 0 Å². The van der Waals surface area contributed by atoms with Crippen LogP contribution in [0.2, 0.25) is 0 Å². The van der Waals surface area contributed by atoms with Crippen molar-refractivity contribution in [1.29, 1.82) is 0 Å². The minimum absolute atomic E-state index is 0.257. The fraction of sp³-hybridized carbons (Fsp3) is 0.0769. The maximum atomic E-state index is 13.1. The molecule has 0 fully saturated rings. The van der Waals surface area contributed by atoms with Crippen molar-refractivity contribution < 1.29 is 13.2 Å². The first kappa shape index (κ1) is 13.1. The van der Waals surface area contributed by atoms with Crippen LogP contribution in [0.15, 0.2) is 40.9 Å². The van der Waals surface area contributed by atoms with E-state index in [-0.39, 0.29) is 4.47 Å². The Morgan fingerprint density at radius 2 is 1.50 bits per heavy atom. The van der Waals surface area contributed by atoms with Crippen LogP contribution in [0.1, 0.15) is 17.2 Å². The predicted octanol–water partition coefficient (Wildman–Crippen LogP) is 3.91. The highest BCUT2D eigenvalue weighted by molar-refractivity contribution is 9.10. The molecule has 0 spiro atoms. The van der Waals surface area contributed by atoms with Crippen molar-refractivity contribution in [3.63, 3.8) is 0 Å². The zero-order chi connectivity index (χ0) is 13.3. The van der Waals surface area contributed by atoms with Crippen molar-refractivity contribution in [2.45, 2.75) is 6.04 Å². The molecule has 1 unspecified atom stereocenters. The van der Waals surface area contributed by atoms with Gasteiger partial charge in [0.05, 0.1) is 10.5 Å². The van der Waals surface area contributed by atoms with Crippen LogP contribution in [-0.4, -0.2) is 0 Å². The summed E-state index contributed by atoms with van der Waals surface area (Å²) in [5.74, 6) is -1.81. The lowest BCUT2D eigenvalue weighted by molar-refractivity contribution is 0.577. The summed E-state index contributed by atoms with van der Waals surface area (Å²) in [6.07, 6.45) is 0. The van der Waals surface area contributed by atoms with Gasteiger partial charge >= 0.3 is 0 Å². The molecule has 0 aliphatic carbocycles. The third kappa shape index (κ3) is 2.73. The summed E-state index contributed by atoms with van der Waals surface area (Å²) in [4.78, 5) is 0. The number of benzene rings is 2. The largest absolute Gasteiger partial charge is 0.320 e. The summed E-state index contributed by atoms with van der Waals surface area (Å²) in [5, 5.41) is 0. The highest BCUT2D eigenvalue weighted by atomic mass is 79.9. The van der Waals surface area contributed by atoms with Gasteiger partial charge in [0.15, 0.2) is 0 Å². The zero-order valence-electron chi connectivity index (χ0n) is 9.13. The topological polar surface area (TPSA) is 26.0 Å². The average molecular weight is 316 g/mol. The molecule has 5 heteroatoms. The Bertz CT molecular complexity index is 566. The molecule has 0 heterocycles. The minimum Gasteiger partial charge on any atom is -0.320 e. The van der Waals surface area contributed by atoms with Crippen molar-refractivity contribution >= 4 is 15.9 Å². The fourth-order valence-corrected chi connectivity index (χ4v) is 2.05. The van der Waals surface area contributed by atoms with E-state index in [0.717, 1.165) is 18.2 Å². The van der Waals surface area contributed by atoms with Gasteiger partial charge in [0.2, 0.25) is 0 Å². The van der Waals surface area contributed by atoms with Gasteiger partial charge in [-0.2, -0.15) is 0 Å². The van der Waals surface area contributed by atoms with E-state index in [9.17, 15) is 13.2 Å². The van der Waals surface area contributed by atoms with E-state index in [4.69, 9.17) is 5.73 Å². The lowest BCUT2D eigenvalue weighted by Crippen LogP contribution is -2.12. The maximum absolute atomic E-state index is 13.1. The van der Waals surface area contributed by atoms with Gasteiger partial charge < -0.3 is 5.73 Å². The molecule has 18 heavy (non-hydrogen) atoms. The van der Waals surface area contributed by atoms with E-state index >= 15 is 0 Å². The van der Waals surface area contributed by atoms with Crippen LogP contribution in [0.25, 0.3) is 0 Å². The van der Waals surface area contributed by atoms with Crippen LogP contribution in [0.4, 0.5) is 13.2 Å². The quantitative estimate of drug-likeness (QED) is 0.893. The predicted molar refractivity (Wildman–Crippen MR) is 66.5 cm³/mol. The van der Waals surface area contributed by atoms with Crippen LogP contribution < -0.4 is 5.73 Å². The van der Waals surface area contributed by atoms with E-state index in [1.165, 1.54) is 18.2 Å². The molecule has 0 aliphatic heterocycles. The Kier molecular flexibility index (Phi) is 3.73. The van der Waals surface area contributed by atoms with E-state index in [0.29, 0.717) is 11.1 Å². The molecule has 0 radical (unpaired) electrons. The Labute approximate surface area is 111 Å². The van der Waals surface area contributed by atoms with Crippen molar-refractivity contribution in [2.75, 3.05) is 0 Å². The molecular weight excluding hydrogens is 307 g/mol. The number of hydrogen-bond acceptors (Lipinski definition) is 1. The minimum atomic E-state index is -0.716. The number of nitrogens with two attached hydrogens (primary N) is 1. The zero-order valence-corrected chi connectivity index (χ0v) is 10.7. The summed E-state index contributed by atoms with van der Waals surface area (Å²) in [5.41, 5.74) is 6.76. The number of halogens is 4. The maximum Gasteiger partial charge on any atom is 0.137 e. The van der Waals surface area contributed by atoms with Crippen LogP contribution >= 0.6 is 15.9 Å². The van der Waals surface area contributed by atoms with E-state index < -0.39 is 23.5 Å². The van der Waals surface area contributed by atoms with Gasteiger partial charge in [0.1, 0.15) is 17.5 Å². The molecule has 2 N–H and O–H groups in total. The molecule has 0 saturated heterocycles. The highest BCUT2D eigenvalue weighted by Gasteiger charge is 2.13. The first-order valence-electron chi connectivity index (χ1n) is 5.14. The molecule has 0 aliphatic rings. The Hall–Kier alpha value is -1.33. The van der Waals surface area contributed by atoms with Crippen LogP contribution in [0.5, 0.6) is 0 Å². The van der Waals surface area contributed by atoms with Crippen molar-refractivity contribution in [1.82, 2.24) is 0 Å². The molecule has 2 rings (SSSR count). The van der Waals surface area contributed by atoms with Gasteiger partial charge in [-0.15, -0.1) is 0 Å². The normalized spacial score (nSPS) is 12.5. The average Bonchev–Trinajstić information content (AvgIpc) is 2.30. The van der Waals surface area contributed by atoms with Gasteiger partial charge in [-0.05, 0) is 51.3 Å². The van der Waals surface area contributed by atoms with Crippen LogP contribution in [0, 0.1) is 17.5 Å². The van der Waals surface area contributed by atoms with Crippen LogP contribution in [-0.2, 0) is 0 Å². The molecule has 0 aromatic heterocycles. The Morgan fingerprint density at radius 3 is 2.06 bits per heavy atom. The lowest BCUT2D eigenvalue weighted by atomic mass is 9.99. The van der Waals surface area contributed by atoms with Gasteiger partial charge in [-0.1, -0.05) is 6.07 Å². The fourth-order valence-electron chi connectivity index (χ4n) is 1.65. The second-order valence-electron chi connectivity index (χ2n) is 3.85. The molecule has 2 aromatic carbocycles. The smallest absolute Gasteiger partial charge is 0.137 e. The molecule has 0 saturated carbocycles. The van der Waals surface area contributed by atoms with E-state index in [1.807, 2.05) is 0 Å². The van der Waals surface area contributed by atoms with Crippen molar-refractivity contribution in [2.24, 2.45) is 5.73 Å². The molecular formula is C13H9BrF3N. The summed E-state index contributed by atoms with van der Waals surface area (Å²) in [6.45, 7) is 0. The highest BCUT2D eigenvalue weighted by Crippen LogP contribution is 2.25. The molecule has 1 nitrogen and oxygen atoms in total. The molecule has 0 amide bonds. The molecule has 94 valence electrons. The van der Waals surface area contributed by atoms with Gasteiger partial charge in [-0.25, -0.2) is 13.2 Å². The van der Waals surface area contributed by atoms with E-state index in [1.54, 1.807) is 0 Å². The summed E-state index contributed by atoms with van der Waals surface area (Å²) in [6, 6.07) is 6.59. The number of hydrogen-bond donors (Lipinski definition) is 1. The third-order valence-electron chi connectivity index (χ3n) is 2.55.